The molecule has 0 atom stereocenters. The Hall–Kier alpha value is -2.34. The van der Waals surface area contributed by atoms with Crippen molar-refractivity contribution >= 4 is 16.7 Å². The average Bonchev–Trinajstić information content (AvgIpc) is 2.36. The molecule has 0 aliphatic rings. The Balaban J connectivity index is 2.10. The highest BCUT2D eigenvalue weighted by molar-refractivity contribution is 5.83. The first-order valence-electron chi connectivity index (χ1n) is 5.30. The smallest absolute Gasteiger partial charge is 0.320 e. The molecule has 2 rings (SSSR count). The zero-order valence-electron chi connectivity index (χ0n) is 9.22. The fraction of sp³-hybridized carbons (Fsp3) is 0.143. The van der Waals surface area contributed by atoms with E-state index in [-0.39, 0.29) is 13.0 Å². The van der Waals surface area contributed by atoms with Crippen LogP contribution in [0.25, 0.3) is 10.8 Å². The fourth-order valence-electron chi connectivity index (χ4n) is 1.61. The van der Waals surface area contributed by atoms with Gasteiger partial charge in [-0.05, 0) is 22.4 Å². The lowest BCUT2D eigenvalue weighted by Crippen LogP contribution is -2.02. The van der Waals surface area contributed by atoms with Gasteiger partial charge in [-0.25, -0.2) is 0 Å². The molecule has 3 heteroatoms. The monoisotopic (exact) mass is 225 g/mol. The van der Waals surface area contributed by atoms with Crippen molar-refractivity contribution in [3.63, 3.8) is 0 Å². The van der Waals surface area contributed by atoms with Gasteiger partial charge in [0, 0.05) is 0 Å². The zero-order chi connectivity index (χ0) is 12.1. The van der Waals surface area contributed by atoms with E-state index in [0.717, 1.165) is 16.3 Å². The van der Waals surface area contributed by atoms with Crippen LogP contribution in [0.15, 0.2) is 42.5 Å². The van der Waals surface area contributed by atoms with E-state index >= 15 is 0 Å². The summed E-state index contributed by atoms with van der Waals surface area (Å²) < 4.78 is 4.96. The number of esters is 1. The predicted octanol–water partition coefficient (Wildman–Crippen LogP) is 2.80. The molecule has 17 heavy (non-hydrogen) atoms. The van der Waals surface area contributed by atoms with Crippen molar-refractivity contribution in [2.24, 2.45) is 0 Å². The molecule has 2 aromatic carbocycles. The topological polar surface area (TPSA) is 50.1 Å². The molecule has 0 spiro atoms. The third-order valence-corrected chi connectivity index (χ3v) is 2.44. The molecular weight excluding hydrogens is 214 g/mol. The van der Waals surface area contributed by atoms with Crippen LogP contribution in [0.2, 0.25) is 0 Å². The average molecular weight is 225 g/mol. The van der Waals surface area contributed by atoms with Crippen LogP contribution in [-0.4, -0.2) is 5.97 Å². The third-order valence-electron chi connectivity index (χ3n) is 2.44. The molecule has 3 nitrogen and oxygen atoms in total. The maximum absolute atomic E-state index is 11.0. The van der Waals surface area contributed by atoms with Crippen LogP contribution >= 0.6 is 0 Å². The lowest BCUT2D eigenvalue weighted by atomic mass is 10.1. The number of ether oxygens (including phenoxy) is 1. The van der Waals surface area contributed by atoms with E-state index in [9.17, 15) is 4.79 Å². The van der Waals surface area contributed by atoms with Gasteiger partial charge < -0.3 is 4.74 Å². The number of nitriles is 1. The molecule has 0 unspecified atom stereocenters. The first kappa shape index (κ1) is 11.2. The minimum absolute atomic E-state index is 0.201. The molecule has 2 aromatic rings. The Morgan fingerprint density at radius 3 is 2.71 bits per heavy atom. The Labute approximate surface area is 99.2 Å². The highest BCUT2D eigenvalue weighted by Gasteiger charge is 2.02. The molecule has 0 aromatic heterocycles. The summed E-state index contributed by atoms with van der Waals surface area (Å²) in [4.78, 5) is 11.0. The number of hydrogen-bond acceptors (Lipinski definition) is 3. The molecule has 0 fully saturated rings. The van der Waals surface area contributed by atoms with E-state index in [2.05, 4.69) is 0 Å². The van der Waals surface area contributed by atoms with Crippen molar-refractivity contribution in [3.8, 4) is 6.07 Å². The summed E-state index contributed by atoms with van der Waals surface area (Å²) >= 11 is 0. The summed E-state index contributed by atoms with van der Waals surface area (Å²) in [6, 6.07) is 15.6. The van der Waals surface area contributed by atoms with E-state index in [0.29, 0.717) is 0 Å². The highest BCUT2D eigenvalue weighted by Crippen LogP contribution is 2.16. The van der Waals surface area contributed by atoms with E-state index in [4.69, 9.17) is 10.00 Å². The van der Waals surface area contributed by atoms with Crippen LogP contribution in [0.4, 0.5) is 0 Å². The van der Waals surface area contributed by atoms with E-state index in [1.54, 1.807) is 6.07 Å². The summed E-state index contributed by atoms with van der Waals surface area (Å²) in [5.41, 5.74) is 0.926. The number of benzene rings is 2. The van der Waals surface area contributed by atoms with E-state index in [1.165, 1.54) is 0 Å². The van der Waals surface area contributed by atoms with Gasteiger partial charge in [0.2, 0.25) is 0 Å². The maximum Gasteiger partial charge on any atom is 0.320 e. The van der Waals surface area contributed by atoms with E-state index < -0.39 is 5.97 Å². The van der Waals surface area contributed by atoms with E-state index in [1.807, 2.05) is 42.5 Å². The summed E-state index contributed by atoms with van der Waals surface area (Å²) in [7, 11) is 0. The molecule has 0 N–H and O–H groups in total. The van der Waals surface area contributed by atoms with Gasteiger partial charge in [0.1, 0.15) is 13.0 Å². The summed E-state index contributed by atoms with van der Waals surface area (Å²) in [6.07, 6.45) is -0.201. The van der Waals surface area contributed by atoms with Gasteiger partial charge >= 0.3 is 5.97 Å². The standard InChI is InChI=1S/C14H11NO2/c15-8-7-14(16)17-10-11-5-6-12-3-1-2-4-13(12)9-11/h1-6,9H,7,10H2. The SMILES string of the molecule is N#CCC(=O)OCc1ccc2ccccc2c1. The lowest BCUT2D eigenvalue weighted by molar-refractivity contribution is -0.143. The Bertz CT molecular complexity index is 584. The Kier molecular flexibility index (Phi) is 3.37. The number of nitrogens with zero attached hydrogens (tertiary/aromatic N) is 1. The largest absolute Gasteiger partial charge is 0.460 e. The summed E-state index contributed by atoms with van der Waals surface area (Å²) in [5.74, 6) is -0.486. The van der Waals surface area contributed by atoms with Gasteiger partial charge in [0.25, 0.3) is 0 Å². The van der Waals surface area contributed by atoms with Crippen molar-refractivity contribution in [3.05, 3.63) is 48.0 Å². The molecule has 84 valence electrons. The fourth-order valence-corrected chi connectivity index (χ4v) is 1.61. The minimum atomic E-state index is -0.486. The molecule has 0 bridgehead atoms. The zero-order valence-corrected chi connectivity index (χ0v) is 9.22. The lowest BCUT2D eigenvalue weighted by Gasteiger charge is -2.04. The van der Waals surface area contributed by atoms with Gasteiger partial charge in [-0.1, -0.05) is 36.4 Å². The second kappa shape index (κ2) is 5.13. The maximum atomic E-state index is 11.0. The number of carbonyl (C=O) groups is 1. The van der Waals surface area contributed by atoms with Crippen molar-refractivity contribution in [2.75, 3.05) is 0 Å². The van der Waals surface area contributed by atoms with Crippen LogP contribution in [-0.2, 0) is 16.1 Å². The third kappa shape index (κ3) is 2.82. The number of rotatable bonds is 3. The molecule has 0 saturated carbocycles. The number of fused-ring (bicyclic) bond motifs is 1. The van der Waals surface area contributed by atoms with Crippen molar-refractivity contribution in [1.29, 1.82) is 5.26 Å². The second-order valence-corrected chi connectivity index (χ2v) is 3.68. The van der Waals surface area contributed by atoms with Crippen molar-refractivity contribution in [2.45, 2.75) is 13.0 Å². The quantitative estimate of drug-likeness (QED) is 0.755. The van der Waals surface area contributed by atoms with Gasteiger partial charge in [-0.2, -0.15) is 5.26 Å². The van der Waals surface area contributed by atoms with Gasteiger partial charge in [-0.3, -0.25) is 4.79 Å². The molecule has 0 radical (unpaired) electrons. The number of carbonyl (C=O) groups excluding carboxylic acids is 1. The highest BCUT2D eigenvalue weighted by atomic mass is 16.5. The van der Waals surface area contributed by atoms with Crippen LogP contribution in [0.5, 0.6) is 0 Å². The van der Waals surface area contributed by atoms with Crippen molar-refractivity contribution < 1.29 is 9.53 Å². The Morgan fingerprint density at radius 2 is 1.94 bits per heavy atom. The Morgan fingerprint density at radius 1 is 1.18 bits per heavy atom. The first-order chi connectivity index (χ1) is 8.29. The summed E-state index contributed by atoms with van der Waals surface area (Å²) in [5, 5.41) is 10.6. The number of hydrogen-bond donors (Lipinski definition) is 0. The molecule has 0 aliphatic heterocycles. The second-order valence-electron chi connectivity index (χ2n) is 3.68. The summed E-state index contributed by atoms with van der Waals surface area (Å²) in [6.45, 7) is 0.214. The molecule has 0 amide bonds. The van der Waals surface area contributed by atoms with Gasteiger partial charge in [0.05, 0.1) is 6.07 Å². The van der Waals surface area contributed by atoms with Crippen molar-refractivity contribution in [1.82, 2.24) is 0 Å². The van der Waals surface area contributed by atoms with Crippen LogP contribution in [0.1, 0.15) is 12.0 Å². The van der Waals surface area contributed by atoms with Crippen LogP contribution in [0.3, 0.4) is 0 Å². The minimum Gasteiger partial charge on any atom is -0.460 e. The molecular formula is C14H11NO2. The van der Waals surface area contributed by atoms with Crippen LogP contribution in [0, 0.1) is 11.3 Å². The van der Waals surface area contributed by atoms with Gasteiger partial charge in [0.15, 0.2) is 0 Å². The predicted molar refractivity (Wildman–Crippen MR) is 64.0 cm³/mol. The van der Waals surface area contributed by atoms with Gasteiger partial charge in [-0.15, -0.1) is 0 Å². The first-order valence-corrected chi connectivity index (χ1v) is 5.30. The molecule has 0 aliphatic carbocycles. The van der Waals surface area contributed by atoms with Crippen LogP contribution < -0.4 is 0 Å². The molecule has 0 saturated heterocycles. The molecule has 0 heterocycles. The normalized spacial score (nSPS) is 9.82.